The topological polar surface area (TPSA) is 64.6 Å². The van der Waals surface area contributed by atoms with Crippen LogP contribution in [0.5, 0.6) is 0 Å². The first-order valence-corrected chi connectivity index (χ1v) is 5.43. The second kappa shape index (κ2) is 6.37. The quantitative estimate of drug-likeness (QED) is 0.492. The predicted molar refractivity (Wildman–Crippen MR) is 60.5 cm³/mol. The predicted octanol–water partition coefficient (Wildman–Crippen LogP) is 2.24. The minimum absolute atomic E-state index is 0.408. The first kappa shape index (κ1) is 15.6. The monoisotopic (exact) mass is 291 g/mol. The Labute approximate surface area is 108 Å². The van der Waals surface area contributed by atoms with Crippen molar-refractivity contribution < 1.29 is 19.1 Å². The van der Waals surface area contributed by atoms with Gasteiger partial charge in [-0.25, -0.2) is 4.79 Å². The van der Waals surface area contributed by atoms with Crippen LogP contribution in [-0.2, 0) is 14.3 Å². The number of alkyl carbamates (subject to hydrolysis) is 1. The highest BCUT2D eigenvalue weighted by molar-refractivity contribution is 6.68. The molecule has 0 aromatic heterocycles. The van der Waals surface area contributed by atoms with Gasteiger partial charge in [0.05, 0.1) is 13.0 Å². The molecule has 94 valence electrons. The summed E-state index contributed by atoms with van der Waals surface area (Å²) in [6.07, 6.45) is -2.27. The van der Waals surface area contributed by atoms with Gasteiger partial charge in [-0.15, -0.1) is 0 Å². The van der Waals surface area contributed by atoms with E-state index < -0.39 is 28.0 Å². The van der Waals surface area contributed by atoms with E-state index in [1.54, 1.807) is 13.8 Å². The maximum atomic E-state index is 11.3. The molecule has 0 aliphatic carbocycles. The van der Waals surface area contributed by atoms with E-state index in [9.17, 15) is 9.59 Å². The Morgan fingerprint density at radius 3 is 2.06 bits per heavy atom. The van der Waals surface area contributed by atoms with Gasteiger partial charge in [0.25, 0.3) is 0 Å². The van der Waals surface area contributed by atoms with Gasteiger partial charge in [-0.3, -0.25) is 10.1 Å². The third-order valence-corrected chi connectivity index (χ3v) is 2.03. The van der Waals surface area contributed by atoms with E-state index in [0.717, 1.165) is 7.11 Å². The largest absolute Gasteiger partial charge is 0.453 e. The summed E-state index contributed by atoms with van der Waals surface area (Å²) in [5.41, 5.74) is 0. The van der Waals surface area contributed by atoms with Gasteiger partial charge >= 0.3 is 12.1 Å². The molecule has 0 rings (SSSR count). The molecule has 16 heavy (non-hydrogen) atoms. The van der Waals surface area contributed by atoms with Crippen molar-refractivity contribution in [3.63, 3.8) is 0 Å². The number of methoxy groups -OCH3 is 1. The standard InChI is InChI=1S/C8H12Cl3NO4/c1-4(2)5(13)16-6(8(9,10)11)12-7(14)15-3/h4,6H,1-3H3,(H,12,14)/t6-/m1/s1. The van der Waals surface area contributed by atoms with Gasteiger partial charge in [0.15, 0.2) is 0 Å². The molecule has 0 aliphatic heterocycles. The van der Waals surface area contributed by atoms with E-state index >= 15 is 0 Å². The molecule has 0 unspecified atom stereocenters. The first-order valence-electron chi connectivity index (χ1n) is 4.30. The Hall–Kier alpha value is -0.390. The molecule has 0 aliphatic rings. The summed E-state index contributed by atoms with van der Waals surface area (Å²) >= 11 is 16.6. The average molecular weight is 293 g/mol. The molecule has 0 fully saturated rings. The fourth-order valence-electron chi connectivity index (χ4n) is 0.596. The van der Waals surface area contributed by atoms with Gasteiger partial charge in [-0.05, 0) is 0 Å². The van der Waals surface area contributed by atoms with Gasteiger partial charge in [0.1, 0.15) is 0 Å². The molecule has 0 saturated carbocycles. The van der Waals surface area contributed by atoms with Crippen molar-refractivity contribution in [2.45, 2.75) is 23.9 Å². The van der Waals surface area contributed by atoms with Crippen LogP contribution >= 0.6 is 34.8 Å². The summed E-state index contributed by atoms with van der Waals surface area (Å²) in [6, 6.07) is 0. The number of alkyl halides is 3. The normalized spacial score (nSPS) is 13.2. The summed E-state index contributed by atoms with van der Waals surface area (Å²) in [6.45, 7) is 3.21. The van der Waals surface area contributed by atoms with E-state index in [2.05, 4.69) is 10.1 Å². The van der Waals surface area contributed by atoms with Crippen molar-refractivity contribution >= 4 is 46.9 Å². The zero-order chi connectivity index (χ0) is 12.9. The number of carbonyl (C=O) groups is 2. The second-order valence-corrected chi connectivity index (χ2v) is 5.52. The molecule has 0 bridgehead atoms. The van der Waals surface area contributed by atoms with Crippen LogP contribution in [0.15, 0.2) is 0 Å². The van der Waals surface area contributed by atoms with E-state index in [1.807, 2.05) is 0 Å². The second-order valence-electron chi connectivity index (χ2n) is 3.15. The number of carbonyl (C=O) groups excluding carboxylic acids is 2. The van der Waals surface area contributed by atoms with Gasteiger partial charge < -0.3 is 9.47 Å². The number of amides is 1. The van der Waals surface area contributed by atoms with Crippen LogP contribution in [0.4, 0.5) is 4.79 Å². The van der Waals surface area contributed by atoms with Crippen LogP contribution in [0.3, 0.4) is 0 Å². The summed E-state index contributed by atoms with van der Waals surface area (Å²) in [4.78, 5) is 22.2. The minimum Gasteiger partial charge on any atom is -0.453 e. The first-order chi connectivity index (χ1) is 7.18. The summed E-state index contributed by atoms with van der Waals surface area (Å²) in [7, 11) is 1.13. The van der Waals surface area contributed by atoms with Crippen molar-refractivity contribution in [2.24, 2.45) is 5.92 Å². The molecular weight excluding hydrogens is 280 g/mol. The lowest BCUT2D eigenvalue weighted by atomic mass is 10.2. The third-order valence-electron chi connectivity index (χ3n) is 1.44. The Morgan fingerprint density at radius 1 is 1.25 bits per heavy atom. The summed E-state index contributed by atoms with van der Waals surface area (Å²) < 4.78 is 7.13. The van der Waals surface area contributed by atoms with E-state index in [1.165, 1.54) is 0 Å². The molecule has 0 saturated heterocycles. The zero-order valence-electron chi connectivity index (χ0n) is 8.92. The molecule has 1 N–H and O–H groups in total. The molecule has 0 aromatic rings. The molecule has 0 radical (unpaired) electrons. The molecular formula is C8H12Cl3NO4. The van der Waals surface area contributed by atoms with E-state index in [4.69, 9.17) is 39.5 Å². The van der Waals surface area contributed by atoms with E-state index in [-0.39, 0.29) is 0 Å². The number of ether oxygens (including phenoxy) is 2. The SMILES string of the molecule is COC(=O)N[C@H](OC(=O)C(C)C)C(Cl)(Cl)Cl. The Balaban J connectivity index is 4.57. The van der Waals surface area contributed by atoms with Crippen molar-refractivity contribution in [3.8, 4) is 0 Å². The third kappa shape index (κ3) is 5.63. The number of rotatable bonds is 3. The maximum Gasteiger partial charge on any atom is 0.409 e. The van der Waals surface area contributed by atoms with Crippen molar-refractivity contribution in [2.75, 3.05) is 7.11 Å². The zero-order valence-corrected chi connectivity index (χ0v) is 11.2. The Kier molecular flexibility index (Phi) is 6.22. The summed E-state index contributed by atoms with van der Waals surface area (Å²) in [5.74, 6) is -1.01. The molecule has 5 nitrogen and oxygen atoms in total. The smallest absolute Gasteiger partial charge is 0.409 e. The Bertz CT molecular complexity index is 264. The minimum atomic E-state index is -1.97. The molecule has 0 heterocycles. The molecule has 0 aromatic carbocycles. The maximum absolute atomic E-state index is 11.3. The lowest BCUT2D eigenvalue weighted by Crippen LogP contribution is -2.47. The van der Waals surface area contributed by atoms with Gasteiger partial charge in [0.2, 0.25) is 10.0 Å². The van der Waals surface area contributed by atoms with Crippen LogP contribution in [0, 0.1) is 5.92 Å². The number of nitrogens with one attached hydrogen (secondary N) is 1. The molecule has 1 amide bonds. The highest BCUT2D eigenvalue weighted by Gasteiger charge is 2.38. The highest BCUT2D eigenvalue weighted by Crippen LogP contribution is 2.31. The lowest BCUT2D eigenvalue weighted by Gasteiger charge is -2.25. The number of hydrogen-bond donors (Lipinski definition) is 1. The van der Waals surface area contributed by atoms with Crippen LogP contribution in [0.25, 0.3) is 0 Å². The number of halogens is 3. The fraction of sp³-hybridized carbons (Fsp3) is 0.750. The molecule has 8 heteroatoms. The van der Waals surface area contributed by atoms with Crippen LogP contribution in [-0.4, -0.2) is 29.2 Å². The van der Waals surface area contributed by atoms with Crippen molar-refractivity contribution in [3.05, 3.63) is 0 Å². The van der Waals surface area contributed by atoms with E-state index in [0.29, 0.717) is 0 Å². The molecule has 0 spiro atoms. The highest BCUT2D eigenvalue weighted by atomic mass is 35.6. The van der Waals surface area contributed by atoms with Crippen molar-refractivity contribution in [1.29, 1.82) is 0 Å². The van der Waals surface area contributed by atoms with Crippen LogP contribution < -0.4 is 5.32 Å². The van der Waals surface area contributed by atoms with Gasteiger partial charge in [-0.2, -0.15) is 0 Å². The van der Waals surface area contributed by atoms with Gasteiger partial charge in [0, 0.05) is 0 Å². The van der Waals surface area contributed by atoms with Crippen molar-refractivity contribution in [1.82, 2.24) is 5.32 Å². The Morgan fingerprint density at radius 2 is 1.75 bits per heavy atom. The van der Waals surface area contributed by atoms with Gasteiger partial charge in [-0.1, -0.05) is 48.7 Å². The summed E-state index contributed by atoms with van der Waals surface area (Å²) in [5, 5.41) is 2.09. The lowest BCUT2D eigenvalue weighted by molar-refractivity contribution is -0.153. The fourth-order valence-corrected chi connectivity index (χ4v) is 0.894. The molecule has 1 atom stereocenters. The number of esters is 1. The van der Waals surface area contributed by atoms with Crippen LogP contribution in [0.2, 0.25) is 0 Å². The van der Waals surface area contributed by atoms with Crippen LogP contribution in [0.1, 0.15) is 13.8 Å². The average Bonchev–Trinajstić information content (AvgIpc) is 2.14. The number of hydrogen-bond acceptors (Lipinski definition) is 4.